The highest BCUT2D eigenvalue weighted by molar-refractivity contribution is 9.10. The third-order valence-corrected chi connectivity index (χ3v) is 3.39. The molecule has 1 aromatic rings. The SMILES string of the molecule is CCC(C#N)(CC)NC(=O)c1ncccc1Br. The van der Waals surface area contributed by atoms with E-state index in [4.69, 9.17) is 5.26 Å². The molecule has 5 heteroatoms. The van der Waals surface area contributed by atoms with Gasteiger partial charge in [0.05, 0.1) is 6.07 Å². The van der Waals surface area contributed by atoms with Gasteiger partial charge in [0, 0.05) is 10.7 Å². The van der Waals surface area contributed by atoms with Crippen LogP contribution in [0.3, 0.4) is 0 Å². The molecule has 0 atom stereocenters. The zero-order chi connectivity index (χ0) is 12.9. The summed E-state index contributed by atoms with van der Waals surface area (Å²) in [5.74, 6) is -0.331. The molecule has 1 heterocycles. The minimum Gasteiger partial charge on any atom is -0.332 e. The lowest BCUT2D eigenvalue weighted by Gasteiger charge is -2.24. The highest BCUT2D eigenvalue weighted by Crippen LogP contribution is 2.17. The van der Waals surface area contributed by atoms with Crippen LogP contribution in [0, 0.1) is 11.3 Å². The monoisotopic (exact) mass is 295 g/mol. The fraction of sp³-hybridized carbons (Fsp3) is 0.417. The second-order valence-electron chi connectivity index (χ2n) is 3.69. The van der Waals surface area contributed by atoms with E-state index in [2.05, 4.69) is 32.3 Å². The van der Waals surface area contributed by atoms with E-state index in [1.807, 2.05) is 13.8 Å². The van der Waals surface area contributed by atoms with Crippen LogP contribution in [0.15, 0.2) is 22.8 Å². The smallest absolute Gasteiger partial charge is 0.272 e. The molecule has 0 aliphatic heterocycles. The molecule has 0 radical (unpaired) electrons. The number of aromatic nitrogens is 1. The standard InChI is InChI=1S/C12H14BrN3O/c1-3-12(4-2,8-14)16-11(17)10-9(13)6-5-7-15-10/h5-7H,3-4H2,1-2H3,(H,16,17). The van der Waals surface area contributed by atoms with E-state index in [1.165, 1.54) is 0 Å². The summed E-state index contributed by atoms with van der Waals surface area (Å²) in [6, 6.07) is 5.64. The summed E-state index contributed by atoms with van der Waals surface area (Å²) in [4.78, 5) is 16.0. The molecule has 17 heavy (non-hydrogen) atoms. The highest BCUT2D eigenvalue weighted by Gasteiger charge is 2.29. The Kier molecular flexibility index (Phi) is 4.64. The van der Waals surface area contributed by atoms with Crippen LogP contribution in [-0.2, 0) is 0 Å². The summed E-state index contributed by atoms with van der Waals surface area (Å²) in [5, 5.41) is 11.9. The Balaban J connectivity index is 2.94. The molecule has 0 saturated heterocycles. The third kappa shape index (κ3) is 3.04. The summed E-state index contributed by atoms with van der Waals surface area (Å²) in [6.07, 6.45) is 2.68. The number of rotatable bonds is 4. The van der Waals surface area contributed by atoms with Crippen LogP contribution in [0.2, 0.25) is 0 Å². The number of halogens is 1. The van der Waals surface area contributed by atoms with Gasteiger partial charge in [0.25, 0.3) is 5.91 Å². The fourth-order valence-corrected chi connectivity index (χ4v) is 1.88. The predicted molar refractivity (Wildman–Crippen MR) is 68.3 cm³/mol. The van der Waals surface area contributed by atoms with E-state index in [0.717, 1.165) is 0 Å². The Morgan fingerprint density at radius 1 is 1.59 bits per heavy atom. The number of nitrogens with one attached hydrogen (secondary N) is 1. The van der Waals surface area contributed by atoms with Gasteiger partial charge in [-0.1, -0.05) is 13.8 Å². The first-order valence-corrected chi connectivity index (χ1v) is 6.22. The minimum atomic E-state index is -0.811. The predicted octanol–water partition coefficient (Wildman–Crippen LogP) is 2.66. The maximum Gasteiger partial charge on any atom is 0.272 e. The van der Waals surface area contributed by atoms with Crippen LogP contribution in [0.5, 0.6) is 0 Å². The van der Waals surface area contributed by atoms with Crippen molar-refractivity contribution in [3.05, 3.63) is 28.5 Å². The molecule has 0 spiro atoms. The molecule has 90 valence electrons. The molecule has 0 saturated carbocycles. The Morgan fingerprint density at radius 2 is 2.24 bits per heavy atom. The Bertz CT molecular complexity index is 449. The van der Waals surface area contributed by atoms with Crippen LogP contribution in [0.25, 0.3) is 0 Å². The number of amides is 1. The Labute approximate surface area is 109 Å². The van der Waals surface area contributed by atoms with Crippen molar-refractivity contribution in [2.75, 3.05) is 0 Å². The number of carbonyl (C=O) groups is 1. The molecular weight excluding hydrogens is 282 g/mol. The maximum absolute atomic E-state index is 12.0. The van der Waals surface area contributed by atoms with Gasteiger partial charge in [-0.25, -0.2) is 4.98 Å². The molecule has 0 aromatic carbocycles. The summed E-state index contributed by atoms with van der Waals surface area (Å²) in [5.41, 5.74) is -0.511. The normalized spacial score (nSPS) is 10.7. The molecule has 4 nitrogen and oxygen atoms in total. The molecule has 0 aliphatic carbocycles. The second kappa shape index (κ2) is 5.78. The van der Waals surface area contributed by atoms with E-state index in [0.29, 0.717) is 23.0 Å². The van der Waals surface area contributed by atoms with E-state index in [1.54, 1.807) is 18.3 Å². The van der Waals surface area contributed by atoms with Crippen molar-refractivity contribution in [1.82, 2.24) is 10.3 Å². The lowest BCUT2D eigenvalue weighted by molar-refractivity contribution is 0.0909. The van der Waals surface area contributed by atoms with Crippen LogP contribution >= 0.6 is 15.9 Å². The zero-order valence-electron chi connectivity index (χ0n) is 9.83. The molecule has 1 rings (SSSR count). The van der Waals surface area contributed by atoms with Gasteiger partial charge in [-0.05, 0) is 40.9 Å². The molecule has 0 unspecified atom stereocenters. The average Bonchev–Trinajstić information content (AvgIpc) is 2.36. The first-order chi connectivity index (χ1) is 8.08. The van der Waals surface area contributed by atoms with Crippen molar-refractivity contribution in [2.24, 2.45) is 0 Å². The first-order valence-electron chi connectivity index (χ1n) is 5.43. The van der Waals surface area contributed by atoms with Gasteiger partial charge in [0.15, 0.2) is 0 Å². The van der Waals surface area contributed by atoms with Gasteiger partial charge in [-0.3, -0.25) is 4.79 Å². The Morgan fingerprint density at radius 3 is 2.71 bits per heavy atom. The van der Waals surface area contributed by atoms with Gasteiger partial charge < -0.3 is 5.32 Å². The molecular formula is C12H14BrN3O. The van der Waals surface area contributed by atoms with Gasteiger partial charge in [0.2, 0.25) is 0 Å². The molecule has 0 fully saturated rings. The lowest BCUT2D eigenvalue weighted by atomic mass is 9.94. The van der Waals surface area contributed by atoms with Crippen LogP contribution in [0.1, 0.15) is 37.2 Å². The van der Waals surface area contributed by atoms with Crippen molar-refractivity contribution in [3.8, 4) is 6.07 Å². The van der Waals surface area contributed by atoms with Crippen LogP contribution < -0.4 is 5.32 Å². The summed E-state index contributed by atoms with van der Waals surface area (Å²) in [7, 11) is 0. The number of carbonyl (C=O) groups excluding carboxylic acids is 1. The maximum atomic E-state index is 12.0. The number of hydrogen-bond donors (Lipinski definition) is 1. The van der Waals surface area contributed by atoms with Gasteiger partial charge in [-0.2, -0.15) is 5.26 Å². The quantitative estimate of drug-likeness (QED) is 0.929. The highest BCUT2D eigenvalue weighted by atomic mass is 79.9. The van der Waals surface area contributed by atoms with E-state index < -0.39 is 5.54 Å². The molecule has 1 amide bonds. The van der Waals surface area contributed by atoms with E-state index >= 15 is 0 Å². The molecule has 1 N–H and O–H groups in total. The molecule has 0 bridgehead atoms. The van der Waals surface area contributed by atoms with Crippen molar-refractivity contribution in [1.29, 1.82) is 5.26 Å². The summed E-state index contributed by atoms with van der Waals surface area (Å²) in [6.45, 7) is 3.75. The van der Waals surface area contributed by atoms with Crippen molar-refractivity contribution in [3.63, 3.8) is 0 Å². The van der Waals surface area contributed by atoms with E-state index in [-0.39, 0.29) is 5.91 Å². The fourth-order valence-electron chi connectivity index (χ4n) is 1.44. The third-order valence-electron chi connectivity index (χ3n) is 2.75. The lowest BCUT2D eigenvalue weighted by Crippen LogP contribution is -2.46. The Hall–Kier alpha value is -1.41. The molecule has 0 aliphatic rings. The van der Waals surface area contributed by atoms with Crippen molar-refractivity contribution in [2.45, 2.75) is 32.2 Å². The summed E-state index contributed by atoms with van der Waals surface area (Å²) >= 11 is 3.26. The molecule has 1 aromatic heterocycles. The van der Waals surface area contributed by atoms with Crippen molar-refractivity contribution >= 4 is 21.8 Å². The second-order valence-corrected chi connectivity index (χ2v) is 4.54. The number of pyridine rings is 1. The van der Waals surface area contributed by atoms with Gasteiger partial charge in [0.1, 0.15) is 11.2 Å². The zero-order valence-corrected chi connectivity index (χ0v) is 11.4. The van der Waals surface area contributed by atoms with E-state index in [9.17, 15) is 4.79 Å². The summed E-state index contributed by atoms with van der Waals surface area (Å²) < 4.78 is 0.622. The largest absolute Gasteiger partial charge is 0.332 e. The van der Waals surface area contributed by atoms with Crippen molar-refractivity contribution < 1.29 is 4.79 Å². The van der Waals surface area contributed by atoms with Crippen LogP contribution in [-0.4, -0.2) is 16.4 Å². The van der Waals surface area contributed by atoms with Crippen LogP contribution in [0.4, 0.5) is 0 Å². The minimum absolute atomic E-state index is 0.300. The number of nitrogens with zero attached hydrogens (tertiary/aromatic N) is 2. The average molecular weight is 296 g/mol. The first kappa shape index (κ1) is 13.7. The number of nitriles is 1. The van der Waals surface area contributed by atoms with Gasteiger partial charge in [-0.15, -0.1) is 0 Å². The topological polar surface area (TPSA) is 65.8 Å². The number of hydrogen-bond acceptors (Lipinski definition) is 3. The van der Waals surface area contributed by atoms with Gasteiger partial charge >= 0.3 is 0 Å².